The summed E-state index contributed by atoms with van der Waals surface area (Å²) in [6.45, 7) is 9.96. The average molecular weight is 475 g/mol. The van der Waals surface area contributed by atoms with Crippen molar-refractivity contribution in [2.45, 2.75) is 59.7 Å². The van der Waals surface area contributed by atoms with Crippen molar-refractivity contribution < 1.29 is 14.3 Å². The first-order chi connectivity index (χ1) is 14.2. The number of nitrogens with zero attached hydrogens (tertiary/aromatic N) is 1. The number of amides is 2. The van der Waals surface area contributed by atoms with Gasteiger partial charge in [0.25, 0.3) is 5.91 Å². The molecule has 2 rings (SSSR count). The van der Waals surface area contributed by atoms with Crippen molar-refractivity contribution >= 4 is 27.7 Å². The Morgan fingerprint density at radius 3 is 2.33 bits per heavy atom. The molecular formula is C24H31BrN2O3. The van der Waals surface area contributed by atoms with Crippen LogP contribution < -0.4 is 10.1 Å². The number of aryl methyl sites for hydroxylation is 2. The first-order valence-electron chi connectivity index (χ1n) is 10.3. The molecule has 0 radical (unpaired) electrons. The molecule has 162 valence electrons. The van der Waals surface area contributed by atoms with E-state index in [9.17, 15) is 9.59 Å². The van der Waals surface area contributed by atoms with Crippen molar-refractivity contribution in [2.75, 3.05) is 6.61 Å². The molecule has 0 heterocycles. The van der Waals surface area contributed by atoms with Crippen LogP contribution in [0.3, 0.4) is 0 Å². The monoisotopic (exact) mass is 474 g/mol. The Morgan fingerprint density at radius 2 is 1.73 bits per heavy atom. The number of benzene rings is 2. The molecule has 0 spiro atoms. The summed E-state index contributed by atoms with van der Waals surface area (Å²) in [6.07, 6.45) is 0.828. The highest BCUT2D eigenvalue weighted by molar-refractivity contribution is 9.10. The van der Waals surface area contributed by atoms with Crippen LogP contribution >= 0.6 is 15.9 Å². The number of nitrogens with one attached hydrogen (secondary N) is 1. The molecule has 2 atom stereocenters. The molecule has 0 aliphatic heterocycles. The fraction of sp³-hybridized carbons (Fsp3) is 0.417. The molecule has 0 aliphatic rings. The van der Waals surface area contributed by atoms with E-state index in [2.05, 4.69) is 21.2 Å². The molecule has 6 heteroatoms. The van der Waals surface area contributed by atoms with Crippen molar-refractivity contribution in [3.63, 3.8) is 0 Å². The van der Waals surface area contributed by atoms with E-state index in [-0.39, 0.29) is 24.5 Å². The number of rotatable bonds is 9. The van der Waals surface area contributed by atoms with Crippen LogP contribution in [-0.2, 0) is 16.1 Å². The molecular weight excluding hydrogens is 444 g/mol. The lowest BCUT2D eigenvalue weighted by molar-refractivity contribution is -0.142. The van der Waals surface area contributed by atoms with Crippen LogP contribution in [0.5, 0.6) is 5.75 Å². The zero-order chi connectivity index (χ0) is 22.3. The quantitative estimate of drug-likeness (QED) is 0.568. The second-order valence-electron chi connectivity index (χ2n) is 7.68. The van der Waals surface area contributed by atoms with E-state index in [0.717, 1.165) is 22.0 Å². The lowest BCUT2D eigenvalue weighted by Crippen LogP contribution is -2.50. The summed E-state index contributed by atoms with van der Waals surface area (Å²) in [5, 5.41) is 2.97. The molecule has 30 heavy (non-hydrogen) atoms. The zero-order valence-corrected chi connectivity index (χ0v) is 20.0. The Labute approximate surface area is 187 Å². The van der Waals surface area contributed by atoms with Crippen molar-refractivity contribution in [1.82, 2.24) is 10.2 Å². The van der Waals surface area contributed by atoms with Gasteiger partial charge in [-0.25, -0.2) is 0 Å². The van der Waals surface area contributed by atoms with Crippen molar-refractivity contribution in [3.8, 4) is 5.75 Å². The van der Waals surface area contributed by atoms with Crippen molar-refractivity contribution in [1.29, 1.82) is 0 Å². The third-order valence-corrected chi connectivity index (χ3v) is 5.80. The summed E-state index contributed by atoms with van der Waals surface area (Å²) >= 11 is 3.42. The van der Waals surface area contributed by atoms with Gasteiger partial charge in [0, 0.05) is 17.1 Å². The Bertz CT molecular complexity index is 867. The molecule has 0 bridgehead atoms. The minimum Gasteiger partial charge on any atom is -0.484 e. The molecule has 0 saturated carbocycles. The largest absolute Gasteiger partial charge is 0.484 e. The van der Waals surface area contributed by atoms with Gasteiger partial charge in [-0.3, -0.25) is 9.59 Å². The summed E-state index contributed by atoms with van der Waals surface area (Å²) in [5.41, 5.74) is 3.22. The Balaban J connectivity index is 2.15. The molecule has 2 aromatic rings. The number of ether oxygens (including phenoxy) is 1. The SMILES string of the molecule is CC[C@H](C)NC(=O)[C@@H](C)N(Cc1ccc(Br)cc1)C(=O)COc1ccc(C)c(C)c1. The molecule has 0 aliphatic carbocycles. The van der Waals surface area contributed by atoms with Gasteiger partial charge >= 0.3 is 0 Å². The third kappa shape index (κ3) is 6.87. The predicted octanol–water partition coefficient (Wildman–Crippen LogP) is 4.78. The van der Waals surface area contributed by atoms with E-state index < -0.39 is 6.04 Å². The summed E-state index contributed by atoms with van der Waals surface area (Å²) in [6, 6.07) is 12.9. The van der Waals surface area contributed by atoms with Crippen LogP contribution in [0.4, 0.5) is 0 Å². The smallest absolute Gasteiger partial charge is 0.261 e. The van der Waals surface area contributed by atoms with Gasteiger partial charge in [0.1, 0.15) is 11.8 Å². The van der Waals surface area contributed by atoms with Crippen LogP contribution in [-0.4, -0.2) is 35.4 Å². The Hall–Kier alpha value is -2.34. The highest BCUT2D eigenvalue weighted by atomic mass is 79.9. The van der Waals surface area contributed by atoms with Crippen LogP contribution in [0.25, 0.3) is 0 Å². The molecule has 0 unspecified atom stereocenters. The number of halogens is 1. The molecule has 2 amide bonds. The lowest BCUT2D eigenvalue weighted by atomic mass is 10.1. The Kier molecular flexibility index (Phi) is 8.90. The number of carbonyl (C=O) groups is 2. The van der Waals surface area contributed by atoms with Gasteiger partial charge in [0.05, 0.1) is 0 Å². The van der Waals surface area contributed by atoms with Gasteiger partial charge in [-0.15, -0.1) is 0 Å². The van der Waals surface area contributed by atoms with E-state index >= 15 is 0 Å². The topological polar surface area (TPSA) is 58.6 Å². The molecule has 1 N–H and O–H groups in total. The van der Waals surface area contributed by atoms with E-state index in [1.54, 1.807) is 11.8 Å². The highest BCUT2D eigenvalue weighted by Crippen LogP contribution is 2.18. The second kappa shape index (κ2) is 11.2. The minimum atomic E-state index is -0.612. The van der Waals surface area contributed by atoms with E-state index in [1.165, 1.54) is 5.56 Å². The summed E-state index contributed by atoms with van der Waals surface area (Å²) in [5.74, 6) is 0.246. The summed E-state index contributed by atoms with van der Waals surface area (Å²) in [4.78, 5) is 27.3. The van der Waals surface area contributed by atoms with Crippen molar-refractivity contribution in [2.24, 2.45) is 0 Å². The van der Waals surface area contributed by atoms with Gasteiger partial charge in [0.2, 0.25) is 5.91 Å². The first-order valence-corrected chi connectivity index (χ1v) is 11.0. The second-order valence-corrected chi connectivity index (χ2v) is 8.59. The van der Waals surface area contributed by atoms with E-state index in [0.29, 0.717) is 12.3 Å². The van der Waals surface area contributed by atoms with Crippen LogP contribution in [0.15, 0.2) is 46.9 Å². The van der Waals surface area contributed by atoms with Crippen LogP contribution in [0.1, 0.15) is 43.9 Å². The standard InChI is InChI=1S/C24H31BrN2O3/c1-6-18(4)26-24(29)19(5)27(14-20-8-10-21(25)11-9-20)23(28)15-30-22-12-7-16(2)17(3)13-22/h7-13,18-19H,6,14-15H2,1-5H3,(H,26,29)/t18-,19+/m0/s1. The summed E-state index contributed by atoms with van der Waals surface area (Å²) < 4.78 is 6.71. The molecule has 5 nitrogen and oxygen atoms in total. The molecule has 2 aromatic carbocycles. The van der Waals surface area contributed by atoms with Gasteiger partial charge in [-0.1, -0.05) is 41.1 Å². The van der Waals surface area contributed by atoms with Gasteiger partial charge in [-0.05, 0) is 75.1 Å². The van der Waals surface area contributed by atoms with E-state index in [4.69, 9.17) is 4.74 Å². The fourth-order valence-electron chi connectivity index (χ4n) is 2.87. The maximum Gasteiger partial charge on any atom is 0.261 e. The van der Waals surface area contributed by atoms with Gasteiger partial charge in [0.15, 0.2) is 6.61 Å². The predicted molar refractivity (Wildman–Crippen MR) is 123 cm³/mol. The van der Waals surface area contributed by atoms with Crippen molar-refractivity contribution in [3.05, 3.63) is 63.6 Å². The maximum atomic E-state index is 13.1. The maximum absolute atomic E-state index is 13.1. The molecule has 0 fully saturated rings. The molecule has 0 aromatic heterocycles. The van der Waals surface area contributed by atoms with Gasteiger partial charge in [-0.2, -0.15) is 0 Å². The third-order valence-electron chi connectivity index (χ3n) is 5.28. The zero-order valence-electron chi connectivity index (χ0n) is 18.4. The average Bonchev–Trinajstić information content (AvgIpc) is 2.73. The Morgan fingerprint density at radius 1 is 1.07 bits per heavy atom. The number of hydrogen-bond donors (Lipinski definition) is 1. The minimum absolute atomic E-state index is 0.0522. The molecule has 0 saturated heterocycles. The van der Waals surface area contributed by atoms with Crippen LogP contribution in [0.2, 0.25) is 0 Å². The fourth-order valence-corrected chi connectivity index (χ4v) is 3.13. The van der Waals surface area contributed by atoms with Crippen LogP contribution in [0, 0.1) is 13.8 Å². The number of carbonyl (C=O) groups excluding carboxylic acids is 2. The normalized spacial score (nSPS) is 12.7. The highest BCUT2D eigenvalue weighted by Gasteiger charge is 2.27. The van der Waals surface area contributed by atoms with E-state index in [1.807, 2.05) is 70.2 Å². The first kappa shape index (κ1) is 23.9. The number of hydrogen-bond acceptors (Lipinski definition) is 3. The van der Waals surface area contributed by atoms with Gasteiger partial charge < -0.3 is 15.0 Å². The lowest BCUT2D eigenvalue weighted by Gasteiger charge is -2.29. The summed E-state index contributed by atoms with van der Waals surface area (Å²) in [7, 11) is 0.